The van der Waals surface area contributed by atoms with E-state index in [1.54, 1.807) is 6.07 Å². The van der Waals surface area contributed by atoms with E-state index in [1.807, 2.05) is 13.8 Å². The zero-order chi connectivity index (χ0) is 22.6. The van der Waals surface area contributed by atoms with E-state index in [1.165, 1.54) is 32.1 Å². The van der Waals surface area contributed by atoms with Crippen LogP contribution >= 0.6 is 0 Å². The molecule has 1 aliphatic carbocycles. The van der Waals surface area contributed by atoms with Gasteiger partial charge in [-0.25, -0.2) is 13.6 Å². The Morgan fingerprint density at radius 2 is 1.81 bits per heavy atom. The van der Waals surface area contributed by atoms with Gasteiger partial charge in [-0.15, -0.1) is 0 Å². The molecule has 0 bridgehead atoms. The van der Waals surface area contributed by atoms with Crippen LogP contribution < -0.4 is 5.14 Å². The van der Waals surface area contributed by atoms with Crippen molar-refractivity contribution in [2.24, 2.45) is 11.1 Å². The Kier molecular flexibility index (Phi) is 5.54. The molecule has 31 heavy (non-hydrogen) atoms. The Morgan fingerprint density at radius 1 is 1.13 bits per heavy atom. The van der Waals surface area contributed by atoms with E-state index < -0.39 is 10.0 Å². The average Bonchev–Trinajstić information content (AvgIpc) is 3.22. The number of sulfonamides is 1. The molecule has 168 valence electrons. The first-order valence-corrected chi connectivity index (χ1v) is 12.7. The van der Waals surface area contributed by atoms with Crippen LogP contribution in [0.3, 0.4) is 0 Å². The van der Waals surface area contributed by atoms with Gasteiger partial charge in [-0.1, -0.05) is 45.2 Å². The Hall–Kier alpha value is -2.12. The number of primary sulfonamides is 1. The molecule has 2 aromatic heterocycles. The maximum atomic E-state index is 12.3. The van der Waals surface area contributed by atoms with Gasteiger partial charge in [0, 0.05) is 28.9 Å². The van der Waals surface area contributed by atoms with Gasteiger partial charge in [0.1, 0.15) is 4.90 Å². The second-order valence-corrected chi connectivity index (χ2v) is 11.6. The number of fused-ring (bicyclic) bond motifs is 1. The number of hydrogen-bond acceptors (Lipinski definition) is 4. The van der Waals surface area contributed by atoms with Crippen LogP contribution in [-0.2, 0) is 22.0 Å². The summed E-state index contributed by atoms with van der Waals surface area (Å²) in [6.45, 7) is 11.0. The summed E-state index contributed by atoms with van der Waals surface area (Å²) in [6.07, 6.45) is 6.12. The van der Waals surface area contributed by atoms with E-state index in [0.717, 1.165) is 40.0 Å². The highest BCUT2D eigenvalue weighted by atomic mass is 32.2. The van der Waals surface area contributed by atoms with Crippen LogP contribution in [0.4, 0.5) is 0 Å². The molecule has 0 unspecified atom stereocenters. The van der Waals surface area contributed by atoms with Gasteiger partial charge in [-0.05, 0) is 61.8 Å². The van der Waals surface area contributed by atoms with E-state index >= 15 is 0 Å². The van der Waals surface area contributed by atoms with E-state index in [2.05, 4.69) is 42.6 Å². The van der Waals surface area contributed by atoms with Crippen molar-refractivity contribution in [1.29, 1.82) is 0 Å². The molecule has 1 aliphatic rings. The molecule has 0 spiro atoms. The van der Waals surface area contributed by atoms with Crippen LogP contribution in [0, 0.1) is 19.8 Å². The van der Waals surface area contributed by atoms with E-state index in [9.17, 15) is 8.42 Å². The van der Waals surface area contributed by atoms with Gasteiger partial charge in [0.05, 0.1) is 5.69 Å². The molecule has 1 saturated carbocycles. The quantitative estimate of drug-likeness (QED) is 0.581. The molecule has 0 amide bonds. The summed E-state index contributed by atoms with van der Waals surface area (Å²) in [4.78, 5) is 0.206. The van der Waals surface area contributed by atoms with Gasteiger partial charge in [0.2, 0.25) is 10.0 Å². The normalized spacial score (nSPS) is 16.3. The van der Waals surface area contributed by atoms with E-state index in [4.69, 9.17) is 9.66 Å². The average molecular weight is 444 g/mol. The molecule has 7 heteroatoms. The first kappa shape index (κ1) is 22.1. The first-order chi connectivity index (χ1) is 14.5. The van der Waals surface area contributed by atoms with Gasteiger partial charge in [-0.2, -0.15) is 0 Å². The Morgan fingerprint density at radius 3 is 2.42 bits per heavy atom. The highest BCUT2D eigenvalue weighted by molar-refractivity contribution is 7.89. The molecule has 1 aromatic carbocycles. The third-order valence-corrected chi connectivity index (χ3v) is 7.67. The largest absolute Gasteiger partial charge is 0.356 e. The smallest absolute Gasteiger partial charge is 0.239 e. The van der Waals surface area contributed by atoms with Gasteiger partial charge in [-0.3, -0.25) is 0 Å². The van der Waals surface area contributed by atoms with Gasteiger partial charge >= 0.3 is 0 Å². The van der Waals surface area contributed by atoms with Crippen LogP contribution in [-0.4, -0.2) is 18.1 Å². The third kappa shape index (κ3) is 4.17. The first-order valence-electron chi connectivity index (χ1n) is 11.1. The van der Waals surface area contributed by atoms with Crippen molar-refractivity contribution in [2.45, 2.75) is 83.6 Å². The number of rotatable bonds is 4. The topological polar surface area (TPSA) is 91.1 Å². The summed E-state index contributed by atoms with van der Waals surface area (Å²) in [7, 11) is -3.81. The molecule has 2 heterocycles. The van der Waals surface area contributed by atoms with Crippen molar-refractivity contribution in [3.05, 3.63) is 35.2 Å². The van der Waals surface area contributed by atoms with Gasteiger partial charge in [0.15, 0.2) is 5.58 Å². The number of hydrogen-bond donors (Lipinski definition) is 1. The Balaban J connectivity index is 1.94. The fourth-order valence-electron chi connectivity index (χ4n) is 4.87. The summed E-state index contributed by atoms with van der Waals surface area (Å²) in [5, 5.41) is 10.7. The van der Waals surface area contributed by atoms with Gasteiger partial charge in [0.25, 0.3) is 0 Å². The summed E-state index contributed by atoms with van der Waals surface area (Å²) < 4.78 is 32.5. The maximum Gasteiger partial charge on any atom is 0.239 e. The number of nitrogens with two attached hydrogens (primary N) is 1. The number of aryl methyl sites for hydroxylation is 1. The minimum atomic E-state index is -3.81. The zero-order valence-corrected chi connectivity index (χ0v) is 20.0. The minimum Gasteiger partial charge on any atom is -0.356 e. The van der Waals surface area contributed by atoms with Crippen molar-refractivity contribution in [2.75, 3.05) is 0 Å². The molecule has 0 atom stereocenters. The van der Waals surface area contributed by atoms with Crippen LogP contribution in [0.1, 0.15) is 69.8 Å². The number of nitrogens with zero attached hydrogens (tertiary/aromatic N) is 2. The number of benzene rings is 1. The summed E-state index contributed by atoms with van der Waals surface area (Å²) in [6, 6.07) is 5.92. The summed E-state index contributed by atoms with van der Waals surface area (Å²) in [5.41, 5.74) is 5.10. The Labute approximate surface area is 184 Å². The molecule has 4 rings (SSSR count). The lowest BCUT2D eigenvalue weighted by atomic mass is 9.84. The predicted octanol–water partition coefficient (Wildman–Crippen LogP) is 5.44. The van der Waals surface area contributed by atoms with Crippen LogP contribution in [0.5, 0.6) is 0 Å². The molecule has 1 fully saturated rings. The van der Waals surface area contributed by atoms with Crippen molar-refractivity contribution in [3.63, 3.8) is 0 Å². The minimum absolute atomic E-state index is 0.154. The molecule has 6 nitrogen and oxygen atoms in total. The predicted molar refractivity (Wildman–Crippen MR) is 124 cm³/mol. The zero-order valence-electron chi connectivity index (χ0n) is 19.2. The van der Waals surface area contributed by atoms with E-state index in [-0.39, 0.29) is 10.3 Å². The molecule has 2 N–H and O–H groups in total. The lowest BCUT2D eigenvalue weighted by Gasteiger charge is -2.25. The molecule has 0 radical (unpaired) electrons. The van der Waals surface area contributed by atoms with Crippen molar-refractivity contribution >= 4 is 21.0 Å². The lowest BCUT2D eigenvalue weighted by molar-refractivity contribution is 0.318. The highest BCUT2D eigenvalue weighted by Gasteiger charge is 2.27. The summed E-state index contributed by atoms with van der Waals surface area (Å²) >= 11 is 0. The molecule has 3 aromatic rings. The lowest BCUT2D eigenvalue weighted by Crippen LogP contribution is -2.17. The fraction of sp³-hybridized carbons (Fsp3) is 0.542. The summed E-state index contributed by atoms with van der Waals surface area (Å²) in [5.74, 6) is 0.551. The second-order valence-electron chi connectivity index (χ2n) is 10.1. The van der Waals surface area contributed by atoms with Crippen molar-refractivity contribution < 1.29 is 12.9 Å². The van der Waals surface area contributed by atoms with Gasteiger partial charge < -0.3 is 9.09 Å². The Bertz CT molecular complexity index is 1220. The monoisotopic (exact) mass is 443 g/mol. The molecule has 0 aliphatic heterocycles. The highest BCUT2D eigenvalue weighted by Crippen LogP contribution is 2.38. The van der Waals surface area contributed by atoms with Crippen molar-refractivity contribution in [1.82, 2.24) is 9.72 Å². The fourth-order valence-corrected chi connectivity index (χ4v) is 5.67. The van der Waals surface area contributed by atoms with Crippen LogP contribution in [0.25, 0.3) is 22.2 Å². The maximum absolute atomic E-state index is 12.3. The van der Waals surface area contributed by atoms with Crippen molar-refractivity contribution in [3.8, 4) is 11.3 Å². The number of aromatic nitrogens is 2. The molecule has 0 saturated heterocycles. The van der Waals surface area contributed by atoms with Crippen LogP contribution in [0.15, 0.2) is 27.6 Å². The van der Waals surface area contributed by atoms with Crippen LogP contribution in [0.2, 0.25) is 0 Å². The SMILES string of the molecule is Cc1noc2c(C(C)(C)C)cc(-c3cc(S(N)(=O)=O)c(C)n3CC3CCCCC3)cc12. The molecular weight excluding hydrogens is 410 g/mol. The third-order valence-electron chi connectivity index (χ3n) is 6.65. The van der Waals surface area contributed by atoms with E-state index in [0.29, 0.717) is 11.6 Å². The second kappa shape index (κ2) is 7.78. The molecular formula is C24H33N3O3S. The standard InChI is InChI=1S/C24H33N3O3S/c1-15-19-11-18(12-20(24(3,4)5)23(19)30-26-15)21-13-22(31(25,28)29)16(2)27(21)14-17-9-7-6-8-10-17/h11-13,17H,6-10,14H2,1-5H3,(H2,25,28,29).